The summed E-state index contributed by atoms with van der Waals surface area (Å²) in [5.74, 6) is -0.775. The molecule has 0 aliphatic carbocycles. The Morgan fingerprint density at radius 2 is 1.80 bits per heavy atom. The van der Waals surface area contributed by atoms with Gasteiger partial charge in [-0.1, -0.05) is 42.5 Å². The van der Waals surface area contributed by atoms with Crippen molar-refractivity contribution < 1.29 is 9.90 Å². The van der Waals surface area contributed by atoms with E-state index in [0.29, 0.717) is 6.42 Å². The minimum Gasteiger partial charge on any atom is -0.481 e. The maximum atomic E-state index is 11.1. The molecule has 0 saturated heterocycles. The molecular formula is C21H17NO2S. The van der Waals surface area contributed by atoms with Gasteiger partial charge in [0.1, 0.15) is 0 Å². The molecular weight excluding hydrogens is 330 g/mol. The van der Waals surface area contributed by atoms with Gasteiger partial charge in [-0.2, -0.15) is 0 Å². The highest BCUT2D eigenvalue weighted by atomic mass is 32.1. The molecule has 0 amide bonds. The zero-order valence-corrected chi connectivity index (χ0v) is 14.4. The van der Waals surface area contributed by atoms with Crippen molar-refractivity contribution in [1.29, 1.82) is 0 Å². The molecule has 1 N–H and O–H groups in total. The fourth-order valence-corrected chi connectivity index (χ4v) is 3.95. The minimum atomic E-state index is -0.775. The lowest BCUT2D eigenvalue weighted by molar-refractivity contribution is -0.136. The van der Waals surface area contributed by atoms with Gasteiger partial charge >= 0.3 is 5.97 Å². The van der Waals surface area contributed by atoms with Crippen LogP contribution in [-0.4, -0.2) is 15.6 Å². The summed E-state index contributed by atoms with van der Waals surface area (Å²) in [6.45, 7) is 0. The molecule has 124 valence electrons. The van der Waals surface area contributed by atoms with Gasteiger partial charge in [-0.25, -0.2) is 0 Å². The number of carboxylic acid groups (broad SMARTS) is 1. The van der Waals surface area contributed by atoms with Crippen LogP contribution in [0, 0.1) is 0 Å². The summed E-state index contributed by atoms with van der Waals surface area (Å²) in [7, 11) is 0. The average Bonchev–Trinajstić information content (AvgIpc) is 3.28. The predicted octanol–water partition coefficient (Wildman–Crippen LogP) is 5.38. The van der Waals surface area contributed by atoms with E-state index in [9.17, 15) is 4.79 Å². The number of nitrogens with zero attached hydrogens (tertiary/aromatic N) is 1. The second kappa shape index (κ2) is 6.57. The van der Waals surface area contributed by atoms with E-state index in [2.05, 4.69) is 52.4 Å². The normalized spacial score (nSPS) is 11.0. The number of aliphatic carboxylic acids is 1. The Morgan fingerprint density at radius 1 is 0.960 bits per heavy atom. The summed E-state index contributed by atoms with van der Waals surface area (Å²) >= 11 is 1.69. The van der Waals surface area contributed by atoms with Crippen molar-refractivity contribution in [3.63, 3.8) is 0 Å². The van der Waals surface area contributed by atoms with Crippen LogP contribution in [0.2, 0.25) is 0 Å². The first-order valence-corrected chi connectivity index (χ1v) is 9.06. The number of hydrogen-bond acceptors (Lipinski definition) is 2. The van der Waals surface area contributed by atoms with Crippen LogP contribution < -0.4 is 0 Å². The molecule has 4 aromatic rings. The van der Waals surface area contributed by atoms with E-state index in [1.807, 2.05) is 24.3 Å². The summed E-state index contributed by atoms with van der Waals surface area (Å²) in [6, 6.07) is 22.8. The molecule has 2 heterocycles. The first-order valence-electron chi connectivity index (χ1n) is 8.18. The van der Waals surface area contributed by atoms with Gasteiger partial charge in [0.15, 0.2) is 0 Å². The summed E-state index contributed by atoms with van der Waals surface area (Å²) in [4.78, 5) is 12.2. The lowest BCUT2D eigenvalue weighted by atomic mass is 10.1. The van der Waals surface area contributed by atoms with Gasteiger partial charge in [-0.05, 0) is 41.5 Å². The number of carboxylic acids is 1. The molecule has 4 heteroatoms. The maximum Gasteiger partial charge on any atom is 0.303 e. The van der Waals surface area contributed by atoms with Crippen LogP contribution in [-0.2, 0) is 11.2 Å². The van der Waals surface area contributed by atoms with Crippen LogP contribution >= 0.6 is 11.3 Å². The number of rotatable bonds is 5. The number of fused-ring (bicyclic) bond motifs is 1. The fraction of sp³-hybridized carbons (Fsp3) is 0.0952. The summed E-state index contributed by atoms with van der Waals surface area (Å²) in [5.41, 5.74) is 3.21. The highest BCUT2D eigenvalue weighted by molar-refractivity contribution is 7.13. The van der Waals surface area contributed by atoms with E-state index >= 15 is 0 Å². The van der Waals surface area contributed by atoms with E-state index in [-0.39, 0.29) is 6.42 Å². The van der Waals surface area contributed by atoms with Gasteiger partial charge in [0.05, 0.1) is 22.7 Å². The number of aryl methyl sites for hydroxylation is 1. The third-order valence-electron chi connectivity index (χ3n) is 4.34. The zero-order valence-electron chi connectivity index (χ0n) is 13.6. The maximum absolute atomic E-state index is 11.1. The average molecular weight is 347 g/mol. The molecule has 4 rings (SSSR count). The first kappa shape index (κ1) is 15.7. The summed E-state index contributed by atoms with van der Waals surface area (Å²) in [5, 5.41) is 13.5. The third kappa shape index (κ3) is 2.96. The Hall–Kier alpha value is -2.85. The van der Waals surface area contributed by atoms with Gasteiger partial charge in [0.25, 0.3) is 0 Å². The Bertz CT molecular complexity index is 1030. The van der Waals surface area contributed by atoms with E-state index in [4.69, 9.17) is 5.11 Å². The molecule has 25 heavy (non-hydrogen) atoms. The molecule has 0 radical (unpaired) electrons. The Morgan fingerprint density at radius 3 is 2.60 bits per heavy atom. The lowest BCUT2D eigenvalue weighted by Gasteiger charge is -2.15. The van der Waals surface area contributed by atoms with Gasteiger partial charge in [-0.3, -0.25) is 4.79 Å². The van der Waals surface area contributed by atoms with Crippen LogP contribution in [0.1, 0.15) is 12.1 Å². The molecule has 0 fully saturated rings. The van der Waals surface area contributed by atoms with Crippen molar-refractivity contribution in [1.82, 2.24) is 4.57 Å². The first-order chi connectivity index (χ1) is 12.2. The predicted molar refractivity (Wildman–Crippen MR) is 103 cm³/mol. The molecule has 0 unspecified atom stereocenters. The SMILES string of the molecule is O=C(O)CCc1ccc(-c2cccs2)n1-c1cccc2ccccc12. The number of aromatic nitrogens is 1. The lowest BCUT2D eigenvalue weighted by Crippen LogP contribution is -2.05. The number of benzene rings is 2. The molecule has 0 saturated carbocycles. The number of thiophene rings is 1. The fourth-order valence-electron chi connectivity index (χ4n) is 3.21. The molecule has 3 nitrogen and oxygen atoms in total. The largest absolute Gasteiger partial charge is 0.481 e. The van der Waals surface area contributed by atoms with E-state index in [0.717, 1.165) is 22.5 Å². The van der Waals surface area contributed by atoms with Crippen LogP contribution in [0.15, 0.2) is 72.1 Å². The van der Waals surface area contributed by atoms with E-state index in [1.165, 1.54) is 10.3 Å². The summed E-state index contributed by atoms with van der Waals surface area (Å²) in [6.07, 6.45) is 0.628. The van der Waals surface area contributed by atoms with Crippen molar-refractivity contribution in [2.45, 2.75) is 12.8 Å². The molecule has 0 aliphatic heterocycles. The Balaban J connectivity index is 1.94. The van der Waals surface area contributed by atoms with Gasteiger partial charge in [0, 0.05) is 11.1 Å². The molecule has 0 spiro atoms. The Kier molecular flexibility index (Phi) is 4.12. The number of carbonyl (C=O) groups is 1. The minimum absolute atomic E-state index is 0.124. The molecule has 0 atom stereocenters. The van der Waals surface area contributed by atoms with Gasteiger partial charge < -0.3 is 9.67 Å². The smallest absolute Gasteiger partial charge is 0.303 e. The zero-order chi connectivity index (χ0) is 17.2. The standard InChI is InChI=1S/C21H17NO2S/c23-21(24)13-11-16-10-12-19(20-9-4-14-25-20)22(16)18-8-3-6-15-5-1-2-7-17(15)18/h1-10,12,14H,11,13H2,(H,23,24). The Labute approximate surface area is 149 Å². The van der Waals surface area contributed by atoms with E-state index in [1.54, 1.807) is 11.3 Å². The number of hydrogen-bond donors (Lipinski definition) is 1. The van der Waals surface area contributed by atoms with Crippen LogP contribution in [0.25, 0.3) is 27.0 Å². The second-order valence-electron chi connectivity index (χ2n) is 5.91. The van der Waals surface area contributed by atoms with Crippen molar-refractivity contribution >= 4 is 28.1 Å². The monoisotopic (exact) mass is 347 g/mol. The molecule has 0 aliphatic rings. The van der Waals surface area contributed by atoms with Crippen molar-refractivity contribution in [3.05, 3.63) is 77.8 Å². The van der Waals surface area contributed by atoms with Crippen LogP contribution in [0.5, 0.6) is 0 Å². The summed E-state index contributed by atoms with van der Waals surface area (Å²) < 4.78 is 2.21. The third-order valence-corrected chi connectivity index (χ3v) is 5.23. The van der Waals surface area contributed by atoms with E-state index < -0.39 is 5.97 Å². The van der Waals surface area contributed by atoms with Crippen LogP contribution in [0.4, 0.5) is 0 Å². The van der Waals surface area contributed by atoms with Crippen molar-refractivity contribution in [2.24, 2.45) is 0 Å². The molecule has 0 bridgehead atoms. The second-order valence-corrected chi connectivity index (χ2v) is 6.86. The highest BCUT2D eigenvalue weighted by Crippen LogP contribution is 2.33. The highest BCUT2D eigenvalue weighted by Gasteiger charge is 2.15. The van der Waals surface area contributed by atoms with Crippen molar-refractivity contribution in [2.75, 3.05) is 0 Å². The van der Waals surface area contributed by atoms with Crippen molar-refractivity contribution in [3.8, 4) is 16.3 Å². The molecule has 2 aromatic carbocycles. The molecule has 2 aromatic heterocycles. The van der Waals surface area contributed by atoms with Gasteiger partial charge in [-0.15, -0.1) is 11.3 Å². The van der Waals surface area contributed by atoms with Crippen LogP contribution in [0.3, 0.4) is 0 Å². The van der Waals surface area contributed by atoms with Gasteiger partial charge in [0.2, 0.25) is 0 Å². The topological polar surface area (TPSA) is 42.2 Å². The quantitative estimate of drug-likeness (QED) is 0.527.